The van der Waals surface area contributed by atoms with Gasteiger partial charge in [0.15, 0.2) is 22.9 Å². The summed E-state index contributed by atoms with van der Waals surface area (Å²) in [6.45, 7) is 32.6. The van der Waals surface area contributed by atoms with E-state index < -0.39 is 44.1 Å². The molecule has 1 fully saturated rings. The average Bonchev–Trinajstić information content (AvgIpc) is 2.26. The molecule has 2 unspecified atom stereocenters. The summed E-state index contributed by atoms with van der Waals surface area (Å²) in [6.07, 6.45) is 1.81. The second-order valence-corrected chi connectivity index (χ2v) is 44.1. The molecule has 7 heterocycles. The first-order valence-electron chi connectivity index (χ1n) is 28.7. The minimum atomic E-state index is -2.06. The second kappa shape index (κ2) is 24.5. The lowest BCUT2D eigenvalue weighted by molar-refractivity contribution is 0.0984. The molecule has 0 spiro atoms. The summed E-state index contributed by atoms with van der Waals surface area (Å²) >= 11 is 0. The van der Waals surface area contributed by atoms with Gasteiger partial charge in [-0.2, -0.15) is 19.9 Å². The van der Waals surface area contributed by atoms with E-state index in [0.717, 1.165) is 74.0 Å². The summed E-state index contributed by atoms with van der Waals surface area (Å²) in [5.74, 6) is 2.05. The molecule has 4 aromatic heterocycles. The largest absolute Gasteiger partial charge is 0.479 e. The van der Waals surface area contributed by atoms with Gasteiger partial charge in [0, 0.05) is 51.4 Å². The fourth-order valence-corrected chi connectivity index (χ4v) is 33.8. The van der Waals surface area contributed by atoms with Gasteiger partial charge in [-0.3, -0.25) is 9.59 Å². The molecule has 4 N–H and O–H groups in total. The number of amides is 2. The van der Waals surface area contributed by atoms with Crippen LogP contribution < -0.4 is 70.4 Å². The molecule has 2 aromatic carbocycles. The molecule has 9 rings (SSSR count). The van der Waals surface area contributed by atoms with Gasteiger partial charge in [0.2, 0.25) is 35.4 Å². The molecule has 0 bridgehead atoms. The molecular formula is C59H84N10O10Si4. The van der Waals surface area contributed by atoms with Crippen molar-refractivity contribution in [3.05, 3.63) is 71.2 Å². The Hall–Kier alpha value is -6.71. The van der Waals surface area contributed by atoms with Crippen LogP contribution in [-0.2, 0) is 0 Å². The predicted octanol–water partition coefficient (Wildman–Crippen LogP) is 9.19. The summed E-state index contributed by atoms with van der Waals surface area (Å²) in [5, 5.41) is 18.2. The Balaban J connectivity index is 0.810. The number of hydrogen-bond donors (Lipinski definition) is 4. The number of furan rings is 2. The topological polar surface area (TPSA) is 222 Å². The normalized spacial score (nSPS) is 18.7. The number of aryl methyl sites for hydroxylation is 2. The van der Waals surface area contributed by atoms with Crippen LogP contribution in [-0.4, -0.2) is 155 Å². The Morgan fingerprint density at radius 2 is 1.02 bits per heavy atom. The Morgan fingerprint density at radius 3 is 1.48 bits per heavy atom. The fourth-order valence-electron chi connectivity index (χ4n) is 12.1. The molecule has 2 atom stereocenters. The maximum atomic E-state index is 13.7. The SMILES string of the molecule is COc1nc(NCCCN2CCN(C)CC2)nc(OC)c1NC(=O)c1ccc(Oc2cc3c(cc2C)[Si](C)(C)C(CCNc2nc(OC)c(NC(=O)c4ccc(Oc5cc6c(cc5C)[Si](C)(C)C(C)C[Si]6(C)C)o4)c(OC)n2)C[Si]3(C)C)o1. The van der Waals surface area contributed by atoms with Crippen LogP contribution in [0.3, 0.4) is 0 Å². The molecule has 6 aromatic rings. The van der Waals surface area contributed by atoms with Crippen molar-refractivity contribution in [3.8, 4) is 46.9 Å². The van der Waals surface area contributed by atoms with E-state index in [4.69, 9.17) is 37.3 Å². The van der Waals surface area contributed by atoms with Crippen LogP contribution in [0.4, 0.5) is 23.3 Å². The molecular weight excluding hydrogens is 1120 g/mol. The summed E-state index contributed by atoms with van der Waals surface area (Å²) < 4.78 is 47.3. The highest BCUT2D eigenvalue weighted by Gasteiger charge is 2.47. The number of nitrogens with one attached hydrogen (secondary N) is 4. The van der Waals surface area contributed by atoms with Gasteiger partial charge >= 0.3 is 0 Å². The Bertz CT molecular complexity index is 3310. The molecule has 0 radical (unpaired) electrons. The van der Waals surface area contributed by atoms with Crippen molar-refractivity contribution in [2.75, 3.05) is 103 Å². The highest BCUT2D eigenvalue weighted by Crippen LogP contribution is 2.42. The zero-order chi connectivity index (χ0) is 59.8. The Morgan fingerprint density at radius 1 is 0.590 bits per heavy atom. The van der Waals surface area contributed by atoms with E-state index in [2.05, 4.69) is 149 Å². The van der Waals surface area contributed by atoms with Gasteiger partial charge in [0.1, 0.15) is 11.5 Å². The van der Waals surface area contributed by atoms with Crippen molar-refractivity contribution in [2.45, 2.75) is 109 Å². The van der Waals surface area contributed by atoms with Gasteiger partial charge < -0.3 is 68.3 Å². The third-order valence-corrected chi connectivity index (χ3v) is 34.6. The van der Waals surface area contributed by atoms with E-state index in [1.54, 1.807) is 24.3 Å². The van der Waals surface area contributed by atoms with Crippen LogP contribution in [0.5, 0.6) is 46.9 Å². The molecule has 3 aliphatic rings. The van der Waals surface area contributed by atoms with Crippen LogP contribution >= 0.6 is 0 Å². The fraction of sp³-hybridized carbons (Fsp3) is 0.492. The van der Waals surface area contributed by atoms with Crippen molar-refractivity contribution < 1.29 is 46.8 Å². The predicted molar refractivity (Wildman–Crippen MR) is 338 cm³/mol. The number of rotatable bonds is 21. The number of nitrogens with zero attached hydrogens (tertiary/aromatic N) is 6. The van der Waals surface area contributed by atoms with Crippen LogP contribution in [0.25, 0.3) is 0 Å². The number of carbonyl (C=O) groups excluding carboxylic acids is 2. The third-order valence-electron chi connectivity index (χ3n) is 17.6. The van der Waals surface area contributed by atoms with E-state index in [1.165, 1.54) is 55.2 Å². The van der Waals surface area contributed by atoms with Crippen LogP contribution in [0.15, 0.2) is 57.4 Å². The van der Waals surface area contributed by atoms with Gasteiger partial charge in [-0.15, -0.1) is 0 Å². The minimum absolute atomic E-state index is 0.0298. The van der Waals surface area contributed by atoms with Crippen LogP contribution in [0.1, 0.15) is 52.0 Å². The van der Waals surface area contributed by atoms with Crippen molar-refractivity contribution in [1.29, 1.82) is 0 Å². The zero-order valence-corrected chi connectivity index (χ0v) is 55.3. The number of fused-ring (bicyclic) bond motifs is 2. The molecule has 24 heteroatoms. The molecule has 3 aliphatic heterocycles. The number of piperazine rings is 1. The van der Waals surface area contributed by atoms with E-state index in [1.807, 2.05) is 6.92 Å². The first-order chi connectivity index (χ1) is 39.3. The number of likely N-dealkylation sites (N-methyl/N-ethyl adjacent to an activating group) is 1. The molecule has 446 valence electrons. The van der Waals surface area contributed by atoms with E-state index in [0.29, 0.717) is 36.3 Å². The third kappa shape index (κ3) is 13.0. The molecule has 0 saturated carbocycles. The van der Waals surface area contributed by atoms with Crippen molar-refractivity contribution in [2.24, 2.45) is 0 Å². The van der Waals surface area contributed by atoms with Crippen LogP contribution in [0.2, 0.25) is 75.5 Å². The van der Waals surface area contributed by atoms with Gasteiger partial charge in [0.05, 0.1) is 60.7 Å². The quantitative estimate of drug-likeness (QED) is 0.0389. The average molecular weight is 1210 g/mol. The molecule has 2 amide bonds. The lowest BCUT2D eigenvalue weighted by Gasteiger charge is -2.46. The lowest BCUT2D eigenvalue weighted by Crippen LogP contribution is -2.66. The van der Waals surface area contributed by atoms with E-state index in [9.17, 15) is 9.59 Å². The van der Waals surface area contributed by atoms with Gasteiger partial charge in [-0.1, -0.05) is 104 Å². The summed E-state index contributed by atoms with van der Waals surface area (Å²) in [4.78, 5) is 50.5. The second-order valence-electron chi connectivity index (χ2n) is 24.9. The number of methoxy groups -OCH3 is 4. The Kier molecular flexibility index (Phi) is 17.9. The number of ether oxygens (including phenoxy) is 6. The smallest absolute Gasteiger partial charge is 0.291 e. The molecule has 0 aliphatic carbocycles. The lowest BCUT2D eigenvalue weighted by atomic mass is 10.2. The van der Waals surface area contributed by atoms with Gasteiger partial charge in [-0.05, 0) is 86.8 Å². The number of hydrogen-bond acceptors (Lipinski definition) is 18. The number of aromatic nitrogens is 4. The Labute approximate surface area is 492 Å². The standard InChI is InChI=1S/C59H84N10O10Si4/c1-36-30-46-44(80(9,10)34-38(3)82(46,13)14)32-42(36)78-48-20-18-41(76-48)53(71)63-51-56(74-7)66-59(67-57(51)75-8)61-24-22-39-35-81(11,12)45-33-43(37(2)31-47(45)83(39,15)16)79-49-21-19-40(77-49)52(70)62-50-54(72-5)64-58(65-55(50)73-6)60-23-17-25-69-28-26-68(4)27-29-69/h18-21,30-33,38-39H,17,22-29,34-35H2,1-16H3,(H,62,70)(H,63,71)(H,60,64,65)(H,61,66,67). The zero-order valence-electron chi connectivity index (χ0n) is 51.3. The number of anilines is 4. The first kappa shape index (κ1) is 60.9. The molecule has 83 heavy (non-hydrogen) atoms. The maximum Gasteiger partial charge on any atom is 0.291 e. The van der Waals surface area contributed by atoms with Crippen molar-refractivity contribution in [1.82, 2.24) is 29.7 Å². The summed E-state index contributed by atoms with van der Waals surface area (Å²) in [7, 11) is 0.689. The monoisotopic (exact) mass is 1200 g/mol. The van der Waals surface area contributed by atoms with E-state index in [-0.39, 0.29) is 58.3 Å². The molecule has 20 nitrogen and oxygen atoms in total. The number of carbonyl (C=O) groups is 2. The van der Waals surface area contributed by atoms with Crippen molar-refractivity contribution in [3.63, 3.8) is 0 Å². The maximum absolute atomic E-state index is 13.7. The van der Waals surface area contributed by atoms with Gasteiger partial charge in [-0.25, -0.2) is 0 Å². The highest BCUT2D eigenvalue weighted by molar-refractivity contribution is 7.05. The summed E-state index contributed by atoms with van der Waals surface area (Å²) in [6, 6.07) is 17.9. The number of benzene rings is 2. The van der Waals surface area contributed by atoms with E-state index >= 15 is 0 Å². The first-order valence-corrected chi connectivity index (χ1v) is 41.3. The summed E-state index contributed by atoms with van der Waals surface area (Å²) in [5.41, 5.74) is 3.56. The highest BCUT2D eigenvalue weighted by atomic mass is 28.3. The van der Waals surface area contributed by atoms with Crippen LogP contribution in [0, 0.1) is 13.8 Å². The molecule has 1 saturated heterocycles. The minimum Gasteiger partial charge on any atom is -0.479 e. The van der Waals surface area contributed by atoms with Gasteiger partial charge in [0.25, 0.3) is 23.7 Å². The van der Waals surface area contributed by atoms with Crippen molar-refractivity contribution >= 4 is 88.1 Å².